The van der Waals surface area contributed by atoms with Crippen LogP contribution in [0, 0.1) is 41.5 Å². The lowest BCUT2D eigenvalue weighted by Gasteiger charge is -2.05. The highest BCUT2D eigenvalue weighted by Gasteiger charge is 2.16. The zero-order valence-electron chi connectivity index (χ0n) is 67.6. The highest BCUT2D eigenvalue weighted by molar-refractivity contribution is 6.11. The Bertz CT molecular complexity index is 7840. The molecule has 576 valence electrons. The van der Waals surface area contributed by atoms with E-state index < -0.39 is 0 Å². The maximum atomic E-state index is 6.00. The van der Waals surface area contributed by atoms with Crippen LogP contribution in [0.2, 0.25) is 0 Å². The van der Waals surface area contributed by atoms with Crippen LogP contribution in [0.4, 0.5) is 0 Å². The molecule has 0 radical (unpaired) electrons. The highest BCUT2D eigenvalue weighted by Crippen LogP contribution is 2.40. The number of rotatable bonds is 6. The minimum Gasteiger partial charge on any atom is -0.456 e. The van der Waals surface area contributed by atoms with Crippen molar-refractivity contribution in [3.8, 4) is 66.8 Å². The van der Waals surface area contributed by atoms with Gasteiger partial charge in [0.25, 0.3) is 0 Å². The third-order valence-corrected chi connectivity index (χ3v) is 22.7. The van der Waals surface area contributed by atoms with Crippen molar-refractivity contribution in [3.05, 3.63) is 434 Å². The van der Waals surface area contributed by atoms with E-state index in [0.29, 0.717) is 0 Å². The molecule has 24 aromatic rings. The molecule has 0 aliphatic rings. The van der Waals surface area contributed by atoms with Gasteiger partial charge in [0, 0.05) is 64.6 Å². The molecule has 0 atom stereocenters. The summed E-state index contributed by atoms with van der Waals surface area (Å²) in [5.41, 5.74) is 33.7. The summed E-state index contributed by atoms with van der Waals surface area (Å²) in [7, 11) is 0. The number of benzene rings is 18. The monoisotopic (exact) mass is 1550 g/mol. The molecule has 0 aliphatic carbocycles. The van der Waals surface area contributed by atoms with Gasteiger partial charge in [0.1, 0.15) is 67.0 Å². The number of fused-ring (bicyclic) bond motifs is 18. The molecule has 18 aromatic carbocycles. The molecule has 0 fully saturated rings. The second-order valence-corrected chi connectivity index (χ2v) is 31.0. The number of hydrogen-bond acceptors (Lipinski definition) is 6. The summed E-state index contributed by atoms with van der Waals surface area (Å²) < 4.78 is 35.6. The maximum Gasteiger partial charge on any atom is 0.136 e. The van der Waals surface area contributed by atoms with E-state index in [1.54, 1.807) is 0 Å². The molecule has 0 N–H and O–H groups in total. The quantitative estimate of drug-likeness (QED) is 0.165. The van der Waals surface area contributed by atoms with Crippen LogP contribution in [0.5, 0.6) is 0 Å². The van der Waals surface area contributed by atoms with Gasteiger partial charge in [0.15, 0.2) is 0 Å². The van der Waals surface area contributed by atoms with Gasteiger partial charge in [-0.1, -0.05) is 308 Å². The minimum absolute atomic E-state index is 0.946. The standard InChI is InChI=1S/6C19H14O/c1-13-5-4-6-14(11-13)15-9-10-17-16-7-2-3-8-18(16)20-19(17)12-15;1-13-6-2-3-7-15(13)14-10-11-19-17(12-14)16-8-4-5-9-18(16)20-19;1-13-6-2-3-7-15(13)14-10-11-17-16-8-4-5-9-18(16)20-19(17)12-14;1-13-6-8-14(9-7-13)15-10-11-19-17(12-15)16-4-2-3-5-18(16)20-19;1-13-6-8-14(9-7-13)15-10-11-17-16-4-2-3-5-18(16)20-19(17)12-15;1-13-7-9-16-17-10-8-15(14-5-3-2-4-6-14)12-19(17)20-18(16)11-13/h6*2-12H,1H3. The lowest BCUT2D eigenvalue weighted by Crippen LogP contribution is -1.81. The van der Waals surface area contributed by atoms with E-state index in [4.69, 9.17) is 26.5 Å². The smallest absolute Gasteiger partial charge is 0.136 e. The molecule has 0 saturated heterocycles. The summed E-state index contributed by atoms with van der Waals surface area (Å²) in [5.74, 6) is 0. The van der Waals surface area contributed by atoms with Crippen molar-refractivity contribution in [2.75, 3.05) is 0 Å². The summed E-state index contributed by atoms with van der Waals surface area (Å²) in [6.07, 6.45) is 0. The molecule has 6 heteroatoms. The number of hydrogen-bond donors (Lipinski definition) is 0. The van der Waals surface area contributed by atoms with Gasteiger partial charge in [-0.2, -0.15) is 0 Å². The van der Waals surface area contributed by atoms with Gasteiger partial charge in [0.2, 0.25) is 0 Å². The third kappa shape index (κ3) is 15.4. The van der Waals surface area contributed by atoms with Crippen molar-refractivity contribution in [1.29, 1.82) is 0 Å². The number of aryl methyl sites for hydroxylation is 6. The first-order chi connectivity index (χ1) is 58.9. The number of para-hydroxylation sites is 5. The summed E-state index contributed by atoms with van der Waals surface area (Å²) in [6.45, 7) is 12.7. The topological polar surface area (TPSA) is 78.8 Å². The van der Waals surface area contributed by atoms with Gasteiger partial charge >= 0.3 is 0 Å². The molecular formula is C114H84O6. The fraction of sp³-hybridized carbons (Fsp3) is 0.0526. The van der Waals surface area contributed by atoms with Gasteiger partial charge in [-0.25, -0.2) is 0 Å². The Morgan fingerprint density at radius 3 is 0.800 bits per heavy atom. The van der Waals surface area contributed by atoms with Crippen LogP contribution in [0.15, 0.2) is 427 Å². The van der Waals surface area contributed by atoms with Crippen molar-refractivity contribution >= 4 is 132 Å². The molecule has 24 rings (SSSR count). The van der Waals surface area contributed by atoms with E-state index in [-0.39, 0.29) is 0 Å². The van der Waals surface area contributed by atoms with Crippen molar-refractivity contribution in [2.24, 2.45) is 0 Å². The first-order valence-corrected chi connectivity index (χ1v) is 40.8. The van der Waals surface area contributed by atoms with Crippen molar-refractivity contribution in [2.45, 2.75) is 41.5 Å². The van der Waals surface area contributed by atoms with Crippen LogP contribution in [-0.4, -0.2) is 0 Å². The Hall–Kier alpha value is -15.2. The first kappa shape index (κ1) is 74.8. The van der Waals surface area contributed by atoms with Crippen LogP contribution >= 0.6 is 0 Å². The molecular weight excluding hydrogens is 1470 g/mol. The van der Waals surface area contributed by atoms with E-state index in [1.165, 1.54) is 165 Å². The van der Waals surface area contributed by atoms with Crippen molar-refractivity contribution in [1.82, 2.24) is 0 Å². The minimum atomic E-state index is 0.946. The second-order valence-electron chi connectivity index (χ2n) is 31.0. The van der Waals surface area contributed by atoms with Gasteiger partial charge < -0.3 is 26.5 Å². The maximum absolute atomic E-state index is 6.00. The van der Waals surface area contributed by atoms with E-state index in [9.17, 15) is 0 Å². The normalized spacial score (nSPS) is 11.2. The summed E-state index contributed by atoms with van der Waals surface area (Å²) in [6, 6.07) is 139. The Morgan fingerprint density at radius 2 is 0.367 bits per heavy atom. The van der Waals surface area contributed by atoms with Gasteiger partial charge in [-0.05, 0) is 234 Å². The third-order valence-electron chi connectivity index (χ3n) is 22.7. The van der Waals surface area contributed by atoms with Crippen LogP contribution in [0.3, 0.4) is 0 Å². The zero-order valence-corrected chi connectivity index (χ0v) is 67.6. The van der Waals surface area contributed by atoms with Gasteiger partial charge in [-0.3, -0.25) is 0 Å². The summed E-state index contributed by atoms with van der Waals surface area (Å²) in [4.78, 5) is 0. The van der Waals surface area contributed by atoms with Crippen LogP contribution in [0.25, 0.3) is 198 Å². The second kappa shape index (κ2) is 32.8. The molecule has 0 spiro atoms. The average Bonchev–Trinajstić information content (AvgIpc) is 1.71. The Morgan fingerprint density at radius 1 is 0.125 bits per heavy atom. The molecule has 0 amide bonds. The molecule has 0 aliphatic heterocycles. The predicted octanol–water partition coefficient (Wildman–Crippen LogP) is 33.4. The molecule has 6 nitrogen and oxygen atoms in total. The summed E-state index contributed by atoms with van der Waals surface area (Å²) in [5, 5.41) is 14.2. The lowest BCUT2D eigenvalue weighted by atomic mass is 9.99. The average molecular weight is 1550 g/mol. The Balaban J connectivity index is 0.0000000952. The van der Waals surface area contributed by atoms with E-state index in [0.717, 1.165) is 67.0 Å². The summed E-state index contributed by atoms with van der Waals surface area (Å²) >= 11 is 0. The van der Waals surface area contributed by atoms with E-state index >= 15 is 0 Å². The molecule has 0 unspecified atom stereocenters. The molecule has 0 bridgehead atoms. The van der Waals surface area contributed by atoms with Crippen LogP contribution in [-0.2, 0) is 0 Å². The van der Waals surface area contributed by atoms with Crippen molar-refractivity contribution in [3.63, 3.8) is 0 Å². The van der Waals surface area contributed by atoms with E-state index in [1.807, 2.05) is 84.9 Å². The zero-order chi connectivity index (χ0) is 81.2. The SMILES string of the molecule is Cc1ccc(-c2ccc3c(c2)oc2ccccc23)cc1.Cc1ccc(-c2ccc3oc4ccccc4c3c2)cc1.Cc1ccc2c(c1)oc1cc(-c3ccccc3)ccc12.Cc1cccc(-c2ccc3c(c2)oc2ccccc23)c1.Cc1ccccc1-c1ccc2c(c1)oc1ccccc12.Cc1ccccc1-c1ccc2oc3ccccc3c2c1. The molecule has 6 aromatic heterocycles. The fourth-order valence-corrected chi connectivity index (χ4v) is 16.3. The Labute approximate surface area is 695 Å². The molecule has 0 saturated carbocycles. The van der Waals surface area contributed by atoms with Crippen LogP contribution in [0.1, 0.15) is 33.4 Å². The van der Waals surface area contributed by atoms with Gasteiger partial charge in [0.05, 0.1) is 0 Å². The van der Waals surface area contributed by atoms with E-state index in [2.05, 4.69) is 357 Å². The van der Waals surface area contributed by atoms with Crippen LogP contribution < -0.4 is 0 Å². The lowest BCUT2D eigenvalue weighted by molar-refractivity contribution is 0.668. The van der Waals surface area contributed by atoms with Crippen molar-refractivity contribution < 1.29 is 26.5 Å². The number of furan rings is 6. The highest BCUT2D eigenvalue weighted by atomic mass is 16.3. The largest absolute Gasteiger partial charge is 0.456 e. The molecule has 6 heterocycles. The predicted molar refractivity (Wildman–Crippen MR) is 503 cm³/mol. The first-order valence-electron chi connectivity index (χ1n) is 40.8. The van der Waals surface area contributed by atoms with Gasteiger partial charge in [-0.15, -0.1) is 0 Å². The Kier molecular flexibility index (Phi) is 20.5. The molecule has 120 heavy (non-hydrogen) atoms. The fourth-order valence-electron chi connectivity index (χ4n) is 16.3.